The number of carbonyl (C=O) groups excluding carboxylic acids is 1. The van der Waals surface area contributed by atoms with E-state index in [0.29, 0.717) is 18.3 Å². The second-order valence-electron chi connectivity index (χ2n) is 6.71. The van der Waals surface area contributed by atoms with Crippen LogP contribution in [0.1, 0.15) is 63.7 Å². The first-order chi connectivity index (χ1) is 10.6. The smallest absolute Gasteiger partial charge is 0.223 e. The van der Waals surface area contributed by atoms with Gasteiger partial charge in [0.25, 0.3) is 0 Å². The molecular weight excluding hydrogens is 296 g/mol. The maximum atomic E-state index is 11.9. The van der Waals surface area contributed by atoms with Crippen molar-refractivity contribution < 1.29 is 4.79 Å². The minimum atomic E-state index is 0.285. The van der Waals surface area contributed by atoms with Gasteiger partial charge in [-0.05, 0) is 38.5 Å². The number of piperidine rings is 1. The van der Waals surface area contributed by atoms with E-state index >= 15 is 0 Å². The summed E-state index contributed by atoms with van der Waals surface area (Å²) in [6.45, 7) is 5.27. The summed E-state index contributed by atoms with van der Waals surface area (Å²) in [6, 6.07) is 0.526. The highest BCUT2D eigenvalue weighted by molar-refractivity contribution is 7.99. The van der Waals surface area contributed by atoms with Gasteiger partial charge >= 0.3 is 0 Å². The molecule has 1 aliphatic heterocycles. The third-order valence-corrected chi connectivity index (χ3v) is 5.86. The van der Waals surface area contributed by atoms with E-state index in [1.54, 1.807) is 11.8 Å². The first-order valence-electron chi connectivity index (χ1n) is 8.47. The number of rotatable bonds is 4. The molecule has 2 aliphatic rings. The lowest BCUT2D eigenvalue weighted by Crippen LogP contribution is -2.35. The van der Waals surface area contributed by atoms with E-state index in [-0.39, 0.29) is 5.91 Å². The minimum absolute atomic E-state index is 0.285. The first kappa shape index (κ1) is 15.8. The molecule has 3 rings (SSSR count). The molecule has 5 nitrogen and oxygen atoms in total. The highest BCUT2D eigenvalue weighted by Crippen LogP contribution is 2.35. The maximum Gasteiger partial charge on any atom is 0.223 e. The van der Waals surface area contributed by atoms with Crippen LogP contribution < -0.4 is 0 Å². The minimum Gasteiger partial charge on any atom is -0.333 e. The van der Waals surface area contributed by atoms with Crippen molar-refractivity contribution in [3.63, 3.8) is 0 Å². The Kier molecular flexibility index (Phi) is 5.06. The first-order valence-corrected chi connectivity index (χ1v) is 9.46. The molecular formula is C16H26N4OS. The van der Waals surface area contributed by atoms with Gasteiger partial charge in [-0.2, -0.15) is 0 Å². The Labute approximate surface area is 136 Å². The van der Waals surface area contributed by atoms with Crippen LogP contribution in [-0.2, 0) is 4.79 Å². The summed E-state index contributed by atoms with van der Waals surface area (Å²) in [5.41, 5.74) is 0. The molecule has 0 unspecified atom stereocenters. The van der Waals surface area contributed by atoms with Crippen molar-refractivity contribution in [3.05, 3.63) is 5.82 Å². The third kappa shape index (κ3) is 3.47. The van der Waals surface area contributed by atoms with Gasteiger partial charge in [0.2, 0.25) is 5.91 Å². The molecule has 2 heterocycles. The molecule has 22 heavy (non-hydrogen) atoms. The normalized spacial score (nSPS) is 26.5. The average Bonchev–Trinajstić information content (AvgIpc) is 2.87. The quantitative estimate of drug-likeness (QED) is 0.797. The van der Waals surface area contributed by atoms with Gasteiger partial charge in [0, 0.05) is 19.0 Å². The van der Waals surface area contributed by atoms with Gasteiger partial charge in [0.1, 0.15) is 5.82 Å². The largest absolute Gasteiger partial charge is 0.333 e. The van der Waals surface area contributed by atoms with Gasteiger partial charge in [-0.3, -0.25) is 4.79 Å². The van der Waals surface area contributed by atoms with Crippen LogP contribution in [-0.4, -0.2) is 38.0 Å². The van der Waals surface area contributed by atoms with Crippen molar-refractivity contribution in [1.82, 2.24) is 19.7 Å². The SMILES string of the molecule is Cc1nnc(SCN2CCCCC2=O)n1[C@@H]1CCC[C@@H](C)C1. The molecule has 1 aromatic rings. The Balaban J connectivity index is 1.67. The number of aryl methyl sites for hydroxylation is 1. The fourth-order valence-electron chi connectivity index (χ4n) is 3.64. The standard InChI is InChI=1S/C16H26N4OS/c1-12-6-5-7-14(10-12)20-13(2)17-18-16(20)22-11-19-9-4-3-8-15(19)21/h12,14H,3-11H2,1-2H3/t12-,14-/m1/s1. The predicted molar refractivity (Wildman–Crippen MR) is 87.7 cm³/mol. The van der Waals surface area contributed by atoms with E-state index in [1.807, 2.05) is 11.8 Å². The summed E-state index contributed by atoms with van der Waals surface area (Å²) in [5, 5.41) is 9.63. The Hall–Kier alpha value is -1.04. The second kappa shape index (κ2) is 7.02. The highest BCUT2D eigenvalue weighted by Gasteiger charge is 2.25. The lowest BCUT2D eigenvalue weighted by atomic mass is 9.87. The molecule has 1 saturated carbocycles. The van der Waals surface area contributed by atoms with E-state index in [1.165, 1.54) is 25.7 Å². The third-order valence-electron chi connectivity index (χ3n) is 4.88. The molecule has 0 spiro atoms. The zero-order valence-electron chi connectivity index (χ0n) is 13.6. The lowest BCUT2D eigenvalue weighted by molar-refractivity contribution is -0.132. The number of nitrogens with zero attached hydrogens (tertiary/aromatic N) is 4. The zero-order chi connectivity index (χ0) is 15.5. The molecule has 2 fully saturated rings. The van der Waals surface area contributed by atoms with Crippen LogP contribution in [0.3, 0.4) is 0 Å². The number of carbonyl (C=O) groups is 1. The fraction of sp³-hybridized carbons (Fsp3) is 0.812. The van der Waals surface area contributed by atoms with Crippen LogP contribution in [0.25, 0.3) is 0 Å². The van der Waals surface area contributed by atoms with Gasteiger partial charge in [-0.1, -0.05) is 31.5 Å². The van der Waals surface area contributed by atoms with Gasteiger partial charge < -0.3 is 9.47 Å². The molecule has 0 N–H and O–H groups in total. The van der Waals surface area contributed by atoms with Crippen LogP contribution in [0.2, 0.25) is 0 Å². The van der Waals surface area contributed by atoms with Crippen LogP contribution in [0.5, 0.6) is 0 Å². The van der Waals surface area contributed by atoms with Gasteiger partial charge in [-0.25, -0.2) is 0 Å². The Morgan fingerprint density at radius 3 is 2.86 bits per heavy atom. The fourth-order valence-corrected chi connectivity index (χ4v) is 4.70. The van der Waals surface area contributed by atoms with Crippen LogP contribution in [0.4, 0.5) is 0 Å². The van der Waals surface area contributed by atoms with E-state index in [2.05, 4.69) is 21.7 Å². The van der Waals surface area contributed by atoms with Crippen molar-refractivity contribution in [2.24, 2.45) is 5.92 Å². The maximum absolute atomic E-state index is 11.9. The second-order valence-corrected chi connectivity index (χ2v) is 7.63. The number of aromatic nitrogens is 3. The Morgan fingerprint density at radius 1 is 1.23 bits per heavy atom. The lowest BCUT2D eigenvalue weighted by Gasteiger charge is -2.30. The van der Waals surface area contributed by atoms with Crippen molar-refractivity contribution in [3.8, 4) is 0 Å². The van der Waals surface area contributed by atoms with Gasteiger partial charge in [0.05, 0.1) is 5.88 Å². The summed E-state index contributed by atoms with van der Waals surface area (Å²) in [4.78, 5) is 13.9. The summed E-state index contributed by atoms with van der Waals surface area (Å²) < 4.78 is 2.31. The van der Waals surface area contributed by atoms with Crippen LogP contribution >= 0.6 is 11.8 Å². The van der Waals surface area contributed by atoms with E-state index in [9.17, 15) is 4.79 Å². The van der Waals surface area contributed by atoms with Crippen molar-refractivity contribution in [2.45, 2.75) is 70.0 Å². The monoisotopic (exact) mass is 322 g/mol. The summed E-state index contributed by atoms with van der Waals surface area (Å²) >= 11 is 1.67. The van der Waals surface area contributed by atoms with Crippen molar-refractivity contribution in [1.29, 1.82) is 0 Å². The van der Waals surface area contributed by atoms with Crippen molar-refractivity contribution >= 4 is 17.7 Å². The summed E-state index contributed by atoms with van der Waals surface area (Å²) in [6.07, 6.45) is 7.93. The topological polar surface area (TPSA) is 51.0 Å². The average molecular weight is 322 g/mol. The van der Waals surface area contributed by atoms with Crippen LogP contribution in [0, 0.1) is 12.8 Å². The summed E-state index contributed by atoms with van der Waals surface area (Å²) in [5.74, 6) is 2.78. The number of thioether (sulfide) groups is 1. The molecule has 6 heteroatoms. The Bertz CT molecular complexity index is 530. The number of hydrogen-bond acceptors (Lipinski definition) is 4. The molecule has 0 aromatic carbocycles. The molecule has 2 atom stereocenters. The Morgan fingerprint density at radius 2 is 2.09 bits per heavy atom. The molecule has 122 valence electrons. The number of amides is 1. The van der Waals surface area contributed by atoms with Crippen molar-refractivity contribution in [2.75, 3.05) is 12.4 Å². The predicted octanol–water partition coefficient (Wildman–Crippen LogP) is 3.40. The number of likely N-dealkylation sites (tertiary alicyclic amines) is 1. The molecule has 1 aromatic heterocycles. The molecule has 0 bridgehead atoms. The van der Waals surface area contributed by atoms with E-state index < -0.39 is 0 Å². The molecule has 0 radical (unpaired) electrons. The van der Waals surface area contributed by atoms with Gasteiger partial charge in [-0.15, -0.1) is 10.2 Å². The highest BCUT2D eigenvalue weighted by atomic mass is 32.2. The number of hydrogen-bond donors (Lipinski definition) is 0. The molecule has 1 aliphatic carbocycles. The zero-order valence-corrected chi connectivity index (χ0v) is 14.4. The van der Waals surface area contributed by atoms with E-state index in [4.69, 9.17) is 0 Å². The summed E-state index contributed by atoms with van der Waals surface area (Å²) in [7, 11) is 0. The molecule has 1 amide bonds. The molecule has 1 saturated heterocycles. The van der Waals surface area contributed by atoms with Gasteiger partial charge in [0.15, 0.2) is 5.16 Å². The van der Waals surface area contributed by atoms with E-state index in [0.717, 1.165) is 36.3 Å². The van der Waals surface area contributed by atoms with Crippen LogP contribution in [0.15, 0.2) is 5.16 Å².